The van der Waals surface area contributed by atoms with Gasteiger partial charge in [0.1, 0.15) is 10.8 Å². The number of hydrogen-bond acceptors (Lipinski definition) is 6. The summed E-state index contributed by atoms with van der Waals surface area (Å²) in [5.74, 6) is 0.359. The van der Waals surface area contributed by atoms with Crippen LogP contribution in [0.4, 0.5) is 5.82 Å². The highest BCUT2D eigenvalue weighted by atomic mass is 35.5. The second kappa shape index (κ2) is 5.90. The number of aromatic nitrogens is 3. The molecular formula is C11H10Cl2N4O2S. The van der Waals surface area contributed by atoms with Crippen molar-refractivity contribution < 1.29 is 8.42 Å². The van der Waals surface area contributed by atoms with E-state index in [1.54, 1.807) is 12.1 Å². The molecule has 2 aromatic heterocycles. The highest BCUT2D eigenvalue weighted by molar-refractivity contribution is 7.90. The van der Waals surface area contributed by atoms with Crippen LogP contribution in [0.2, 0.25) is 10.3 Å². The summed E-state index contributed by atoms with van der Waals surface area (Å²) in [5, 5.41) is 3.32. The zero-order chi connectivity index (χ0) is 14.8. The van der Waals surface area contributed by atoms with Crippen LogP contribution in [0.3, 0.4) is 0 Å². The third-order valence-corrected chi connectivity index (χ3v) is 3.76. The van der Waals surface area contributed by atoms with E-state index < -0.39 is 9.84 Å². The first-order valence-electron chi connectivity index (χ1n) is 5.44. The second-order valence-electron chi connectivity index (χ2n) is 3.93. The number of rotatable bonds is 4. The van der Waals surface area contributed by atoms with Gasteiger partial charge in [-0.2, -0.15) is 4.98 Å². The van der Waals surface area contributed by atoms with Crippen molar-refractivity contribution in [3.63, 3.8) is 0 Å². The molecule has 9 heteroatoms. The zero-order valence-electron chi connectivity index (χ0n) is 10.3. The van der Waals surface area contributed by atoms with E-state index in [9.17, 15) is 8.42 Å². The summed E-state index contributed by atoms with van der Waals surface area (Å²) in [6, 6.07) is 4.75. The Kier molecular flexibility index (Phi) is 4.42. The Morgan fingerprint density at radius 2 is 2.00 bits per heavy atom. The molecule has 0 saturated carbocycles. The van der Waals surface area contributed by atoms with Gasteiger partial charge in [-0.05, 0) is 23.7 Å². The Balaban J connectivity index is 2.17. The summed E-state index contributed by atoms with van der Waals surface area (Å²) in [6.45, 7) is 0.260. The van der Waals surface area contributed by atoms with Gasteiger partial charge in [0.15, 0.2) is 14.9 Å². The Morgan fingerprint density at radius 3 is 2.70 bits per heavy atom. The predicted octanol–water partition coefficient (Wildman–Crippen LogP) is 2.19. The minimum atomic E-state index is -3.33. The summed E-state index contributed by atoms with van der Waals surface area (Å²) in [6.07, 6.45) is 2.48. The summed E-state index contributed by atoms with van der Waals surface area (Å²) >= 11 is 11.6. The number of nitrogens with one attached hydrogen (secondary N) is 1. The van der Waals surface area contributed by atoms with Crippen LogP contribution in [0.5, 0.6) is 0 Å². The normalized spacial score (nSPS) is 11.3. The largest absolute Gasteiger partial charge is 0.363 e. The fourth-order valence-corrected chi connectivity index (χ4v) is 2.31. The van der Waals surface area contributed by atoms with Crippen LogP contribution in [-0.2, 0) is 16.4 Å². The molecule has 20 heavy (non-hydrogen) atoms. The van der Waals surface area contributed by atoms with E-state index in [1.807, 2.05) is 0 Å². The van der Waals surface area contributed by atoms with Gasteiger partial charge >= 0.3 is 0 Å². The molecule has 2 aromatic rings. The molecule has 0 saturated heterocycles. The van der Waals surface area contributed by atoms with E-state index in [1.165, 1.54) is 12.3 Å². The number of nitrogens with zero attached hydrogens (tertiary/aromatic N) is 3. The molecule has 6 nitrogen and oxygen atoms in total. The van der Waals surface area contributed by atoms with Crippen LogP contribution in [0, 0.1) is 0 Å². The van der Waals surface area contributed by atoms with E-state index >= 15 is 0 Å². The number of anilines is 1. The number of halogens is 2. The Hall–Kier alpha value is -1.44. The SMILES string of the molecule is CS(=O)(=O)c1cccc(CNc2nc(Cl)ncc2Cl)n1. The molecule has 0 fully saturated rings. The van der Waals surface area contributed by atoms with Crippen LogP contribution < -0.4 is 5.32 Å². The maximum atomic E-state index is 11.4. The van der Waals surface area contributed by atoms with Gasteiger partial charge in [0.05, 0.1) is 18.4 Å². The zero-order valence-corrected chi connectivity index (χ0v) is 12.7. The third-order valence-electron chi connectivity index (χ3n) is 2.31. The molecule has 0 aliphatic carbocycles. The van der Waals surface area contributed by atoms with E-state index in [4.69, 9.17) is 23.2 Å². The average molecular weight is 333 g/mol. The topological polar surface area (TPSA) is 84.8 Å². The first kappa shape index (κ1) is 15.0. The highest BCUT2D eigenvalue weighted by Crippen LogP contribution is 2.20. The first-order chi connectivity index (χ1) is 9.36. The van der Waals surface area contributed by atoms with Gasteiger partial charge in [-0.3, -0.25) is 0 Å². The lowest BCUT2D eigenvalue weighted by atomic mass is 10.3. The summed E-state index contributed by atoms with van der Waals surface area (Å²) in [7, 11) is -3.33. The summed E-state index contributed by atoms with van der Waals surface area (Å²) < 4.78 is 22.8. The van der Waals surface area contributed by atoms with Crippen LogP contribution >= 0.6 is 23.2 Å². The van der Waals surface area contributed by atoms with E-state index in [-0.39, 0.29) is 16.9 Å². The van der Waals surface area contributed by atoms with Crippen LogP contribution in [0.15, 0.2) is 29.4 Å². The quantitative estimate of drug-likeness (QED) is 0.864. The van der Waals surface area contributed by atoms with Crippen molar-refractivity contribution in [1.82, 2.24) is 15.0 Å². The van der Waals surface area contributed by atoms with Gasteiger partial charge < -0.3 is 5.32 Å². The number of hydrogen-bond donors (Lipinski definition) is 1. The molecule has 0 atom stereocenters. The van der Waals surface area contributed by atoms with E-state index in [2.05, 4.69) is 20.3 Å². The monoisotopic (exact) mass is 332 g/mol. The predicted molar refractivity (Wildman–Crippen MR) is 76.7 cm³/mol. The van der Waals surface area contributed by atoms with Gasteiger partial charge in [0.2, 0.25) is 5.28 Å². The van der Waals surface area contributed by atoms with Crippen molar-refractivity contribution in [2.24, 2.45) is 0 Å². The lowest BCUT2D eigenvalue weighted by molar-refractivity contribution is 0.597. The molecule has 0 amide bonds. The lowest BCUT2D eigenvalue weighted by Gasteiger charge is -2.07. The lowest BCUT2D eigenvalue weighted by Crippen LogP contribution is -2.07. The van der Waals surface area contributed by atoms with Gasteiger partial charge in [-0.1, -0.05) is 17.7 Å². The molecule has 0 aliphatic rings. The number of pyridine rings is 1. The van der Waals surface area contributed by atoms with Crippen molar-refractivity contribution in [3.05, 3.63) is 40.4 Å². The minimum absolute atomic E-state index is 0.0172. The molecule has 2 rings (SSSR count). The summed E-state index contributed by atoms with van der Waals surface area (Å²) in [4.78, 5) is 11.7. The maximum Gasteiger partial charge on any atom is 0.224 e. The molecule has 1 N–H and O–H groups in total. The highest BCUT2D eigenvalue weighted by Gasteiger charge is 2.10. The van der Waals surface area contributed by atoms with Crippen LogP contribution in [0.1, 0.15) is 5.69 Å². The van der Waals surface area contributed by atoms with E-state index in [0.29, 0.717) is 16.5 Å². The Bertz CT molecular complexity index is 737. The molecule has 0 radical (unpaired) electrons. The van der Waals surface area contributed by atoms with Crippen LogP contribution in [-0.4, -0.2) is 29.6 Å². The second-order valence-corrected chi connectivity index (χ2v) is 6.64. The molecular weight excluding hydrogens is 323 g/mol. The van der Waals surface area contributed by atoms with Crippen molar-refractivity contribution in [2.45, 2.75) is 11.6 Å². The van der Waals surface area contributed by atoms with Crippen molar-refractivity contribution >= 4 is 38.9 Å². The Labute approximate surface area is 126 Å². The minimum Gasteiger partial charge on any atom is -0.363 e. The first-order valence-corrected chi connectivity index (χ1v) is 8.09. The number of sulfone groups is 1. The standard InChI is InChI=1S/C11H10Cl2N4O2S/c1-20(18,19)9-4-2-3-7(16-9)5-14-10-8(12)6-15-11(13)17-10/h2-4,6H,5H2,1H3,(H,14,15,17). The molecule has 0 aromatic carbocycles. The fourth-order valence-electron chi connectivity index (χ4n) is 1.41. The van der Waals surface area contributed by atoms with Gasteiger partial charge in [0, 0.05) is 6.26 Å². The average Bonchev–Trinajstić information content (AvgIpc) is 2.39. The van der Waals surface area contributed by atoms with Crippen molar-refractivity contribution in [1.29, 1.82) is 0 Å². The van der Waals surface area contributed by atoms with Crippen LogP contribution in [0.25, 0.3) is 0 Å². The van der Waals surface area contributed by atoms with Gasteiger partial charge in [0.25, 0.3) is 0 Å². The molecule has 0 bridgehead atoms. The Morgan fingerprint density at radius 1 is 1.25 bits per heavy atom. The molecule has 0 aliphatic heterocycles. The smallest absolute Gasteiger partial charge is 0.224 e. The molecule has 106 valence electrons. The molecule has 0 spiro atoms. The maximum absolute atomic E-state index is 11.4. The van der Waals surface area contributed by atoms with Crippen molar-refractivity contribution in [3.8, 4) is 0 Å². The van der Waals surface area contributed by atoms with Gasteiger partial charge in [-0.15, -0.1) is 0 Å². The fraction of sp³-hybridized carbons (Fsp3) is 0.182. The molecule has 2 heterocycles. The van der Waals surface area contributed by atoms with Gasteiger partial charge in [-0.25, -0.2) is 18.4 Å². The van der Waals surface area contributed by atoms with Crippen molar-refractivity contribution in [2.75, 3.05) is 11.6 Å². The summed E-state index contributed by atoms with van der Waals surface area (Å²) in [5.41, 5.74) is 0.540. The molecule has 0 unspecified atom stereocenters. The van der Waals surface area contributed by atoms with E-state index in [0.717, 1.165) is 6.26 Å². The third kappa shape index (κ3) is 3.78.